The van der Waals surface area contributed by atoms with Gasteiger partial charge in [0.05, 0.1) is 0 Å². The van der Waals surface area contributed by atoms with E-state index in [0.29, 0.717) is 5.41 Å². The number of likely N-dealkylation sites (tertiary alicyclic amines) is 1. The largest absolute Gasteiger partial charge is 0.355 e. The summed E-state index contributed by atoms with van der Waals surface area (Å²) in [5.41, 5.74) is 0.424. The molecule has 5 nitrogen and oxygen atoms in total. The minimum absolute atomic E-state index is 0.424. The van der Waals surface area contributed by atoms with E-state index in [-0.39, 0.29) is 0 Å². The van der Waals surface area contributed by atoms with E-state index in [1.54, 1.807) is 0 Å². The Bertz CT molecular complexity index is 353. The maximum atomic E-state index is 4.45. The van der Waals surface area contributed by atoms with Crippen LogP contribution in [-0.2, 0) is 0 Å². The first-order chi connectivity index (χ1) is 10.00. The van der Waals surface area contributed by atoms with Crippen LogP contribution in [0.1, 0.15) is 26.7 Å². The summed E-state index contributed by atoms with van der Waals surface area (Å²) in [7, 11) is 4.12. The van der Waals surface area contributed by atoms with Gasteiger partial charge >= 0.3 is 0 Å². The lowest BCUT2D eigenvalue weighted by Gasteiger charge is -2.25. The van der Waals surface area contributed by atoms with Crippen molar-refractivity contribution in [2.75, 3.05) is 66.5 Å². The molecule has 2 aliphatic heterocycles. The van der Waals surface area contributed by atoms with Gasteiger partial charge in [0.1, 0.15) is 0 Å². The average molecular weight is 295 g/mol. The van der Waals surface area contributed by atoms with Crippen molar-refractivity contribution in [2.24, 2.45) is 10.4 Å². The van der Waals surface area contributed by atoms with E-state index in [1.165, 1.54) is 39.0 Å². The van der Waals surface area contributed by atoms with Crippen LogP contribution in [-0.4, -0.2) is 87.1 Å². The molecule has 0 atom stereocenters. The quantitative estimate of drug-likeness (QED) is 0.620. The number of rotatable bonds is 3. The molecule has 21 heavy (non-hydrogen) atoms. The molecule has 2 fully saturated rings. The van der Waals surface area contributed by atoms with E-state index in [1.807, 2.05) is 7.05 Å². The van der Waals surface area contributed by atoms with Gasteiger partial charge in [0.25, 0.3) is 0 Å². The fourth-order valence-electron chi connectivity index (χ4n) is 3.27. The zero-order valence-corrected chi connectivity index (χ0v) is 14.4. The second kappa shape index (κ2) is 7.45. The number of nitrogens with zero attached hydrogens (tertiary/aromatic N) is 4. The van der Waals surface area contributed by atoms with Crippen LogP contribution in [0.15, 0.2) is 4.99 Å². The summed E-state index contributed by atoms with van der Waals surface area (Å²) in [5.74, 6) is 1.08. The Balaban J connectivity index is 1.71. The van der Waals surface area contributed by atoms with Gasteiger partial charge in [-0.3, -0.25) is 4.99 Å². The van der Waals surface area contributed by atoms with Crippen LogP contribution < -0.4 is 5.32 Å². The molecule has 1 N–H and O–H groups in total. The number of hydrogen-bond acceptors (Lipinski definition) is 3. The molecule has 0 unspecified atom stereocenters. The summed E-state index contributed by atoms with van der Waals surface area (Å²) in [4.78, 5) is 11.8. The third kappa shape index (κ3) is 5.15. The Morgan fingerprint density at radius 3 is 2.62 bits per heavy atom. The number of likely N-dealkylation sites (N-methyl/N-ethyl adjacent to an activating group) is 1. The van der Waals surface area contributed by atoms with Gasteiger partial charge in [-0.15, -0.1) is 0 Å². The molecule has 0 aliphatic carbocycles. The molecule has 2 saturated heterocycles. The minimum atomic E-state index is 0.424. The molecule has 0 spiro atoms. The smallest absolute Gasteiger partial charge is 0.193 e. The molecule has 0 aromatic carbocycles. The van der Waals surface area contributed by atoms with E-state index in [2.05, 4.69) is 45.9 Å². The van der Waals surface area contributed by atoms with Crippen molar-refractivity contribution in [1.82, 2.24) is 20.0 Å². The van der Waals surface area contributed by atoms with Crippen molar-refractivity contribution in [3.8, 4) is 0 Å². The normalized spacial score (nSPS) is 25.1. The van der Waals surface area contributed by atoms with Gasteiger partial charge < -0.3 is 20.0 Å². The van der Waals surface area contributed by atoms with Crippen LogP contribution in [0.4, 0.5) is 0 Å². The fourth-order valence-corrected chi connectivity index (χ4v) is 3.27. The van der Waals surface area contributed by atoms with Crippen molar-refractivity contribution >= 4 is 5.96 Å². The highest BCUT2D eigenvalue weighted by atomic mass is 15.3. The van der Waals surface area contributed by atoms with E-state index in [4.69, 9.17) is 0 Å². The van der Waals surface area contributed by atoms with Crippen LogP contribution in [0.5, 0.6) is 0 Å². The monoisotopic (exact) mass is 295 g/mol. The van der Waals surface area contributed by atoms with E-state index in [0.717, 1.165) is 32.1 Å². The molecule has 0 bridgehead atoms. The fraction of sp³-hybridized carbons (Fsp3) is 0.938. The molecule has 2 aliphatic rings. The Labute approximate surface area is 130 Å². The maximum absolute atomic E-state index is 4.45. The molecule has 0 amide bonds. The van der Waals surface area contributed by atoms with E-state index in [9.17, 15) is 0 Å². The zero-order chi connectivity index (χ0) is 15.3. The molecule has 2 heterocycles. The lowest BCUT2D eigenvalue weighted by atomic mass is 9.93. The first-order valence-corrected chi connectivity index (χ1v) is 8.37. The number of nitrogens with one attached hydrogen (secondary N) is 1. The Hall–Kier alpha value is -0.810. The van der Waals surface area contributed by atoms with Crippen molar-refractivity contribution in [3.05, 3.63) is 0 Å². The Kier molecular flexibility index (Phi) is 5.88. The second-order valence-corrected chi connectivity index (χ2v) is 7.31. The van der Waals surface area contributed by atoms with Gasteiger partial charge in [-0.05, 0) is 38.4 Å². The highest BCUT2D eigenvalue weighted by Gasteiger charge is 2.30. The summed E-state index contributed by atoms with van der Waals surface area (Å²) in [6, 6.07) is 0. The van der Waals surface area contributed by atoms with Crippen LogP contribution in [0.3, 0.4) is 0 Å². The van der Waals surface area contributed by atoms with Gasteiger partial charge in [0.2, 0.25) is 0 Å². The second-order valence-electron chi connectivity index (χ2n) is 7.31. The molecule has 0 aromatic heterocycles. The molecular weight excluding hydrogens is 262 g/mol. The molecular formula is C16H33N5. The third-order valence-electron chi connectivity index (χ3n) is 4.71. The van der Waals surface area contributed by atoms with Crippen LogP contribution in [0, 0.1) is 5.41 Å². The van der Waals surface area contributed by atoms with Crippen molar-refractivity contribution in [2.45, 2.75) is 26.7 Å². The lowest BCUT2D eigenvalue weighted by molar-refractivity contribution is 0.278. The number of aliphatic imine (C=N–C) groups is 1. The average Bonchev–Trinajstić information content (AvgIpc) is 2.66. The summed E-state index contributed by atoms with van der Waals surface area (Å²) >= 11 is 0. The van der Waals surface area contributed by atoms with E-state index >= 15 is 0 Å². The summed E-state index contributed by atoms with van der Waals surface area (Å²) in [6.45, 7) is 13.9. The third-order valence-corrected chi connectivity index (χ3v) is 4.71. The Morgan fingerprint density at radius 2 is 1.95 bits per heavy atom. The van der Waals surface area contributed by atoms with Gasteiger partial charge in [-0.2, -0.15) is 0 Å². The van der Waals surface area contributed by atoms with Crippen molar-refractivity contribution < 1.29 is 0 Å². The van der Waals surface area contributed by atoms with Crippen LogP contribution in [0.2, 0.25) is 0 Å². The maximum Gasteiger partial charge on any atom is 0.193 e. The minimum Gasteiger partial charge on any atom is -0.355 e. The lowest BCUT2D eigenvalue weighted by Crippen LogP contribution is -2.44. The predicted molar refractivity (Wildman–Crippen MR) is 89.9 cm³/mol. The molecule has 5 heteroatoms. The molecule has 0 saturated carbocycles. The highest BCUT2D eigenvalue weighted by Crippen LogP contribution is 2.28. The molecule has 0 aromatic rings. The SMILES string of the molecule is CN=C(NCCN1CCCN(C)CC1)N1CCC(C)(C)C1. The van der Waals surface area contributed by atoms with Crippen molar-refractivity contribution in [1.29, 1.82) is 0 Å². The van der Waals surface area contributed by atoms with Crippen molar-refractivity contribution in [3.63, 3.8) is 0 Å². The first kappa shape index (κ1) is 16.6. The number of guanidine groups is 1. The standard InChI is InChI=1S/C16H33N5/c1-16(2)6-10-21(14-16)15(17-3)18-7-11-20-9-5-8-19(4)12-13-20/h5-14H2,1-4H3,(H,17,18). The first-order valence-electron chi connectivity index (χ1n) is 8.37. The molecule has 0 radical (unpaired) electrons. The van der Waals surface area contributed by atoms with Gasteiger partial charge in [-0.25, -0.2) is 0 Å². The summed E-state index contributed by atoms with van der Waals surface area (Å²) in [5, 5.41) is 3.55. The predicted octanol–water partition coefficient (Wildman–Crippen LogP) is 0.931. The summed E-state index contributed by atoms with van der Waals surface area (Å²) < 4.78 is 0. The van der Waals surface area contributed by atoms with Crippen LogP contribution >= 0.6 is 0 Å². The van der Waals surface area contributed by atoms with Gasteiger partial charge in [-0.1, -0.05) is 13.8 Å². The number of hydrogen-bond donors (Lipinski definition) is 1. The molecule has 2 rings (SSSR count). The topological polar surface area (TPSA) is 34.1 Å². The van der Waals surface area contributed by atoms with Gasteiger partial charge in [0, 0.05) is 46.3 Å². The van der Waals surface area contributed by atoms with Crippen LogP contribution in [0.25, 0.3) is 0 Å². The van der Waals surface area contributed by atoms with E-state index < -0.39 is 0 Å². The summed E-state index contributed by atoms with van der Waals surface area (Å²) in [6.07, 6.45) is 2.54. The Morgan fingerprint density at radius 1 is 1.14 bits per heavy atom. The zero-order valence-electron chi connectivity index (χ0n) is 14.4. The van der Waals surface area contributed by atoms with Gasteiger partial charge in [0.15, 0.2) is 5.96 Å². The highest BCUT2D eigenvalue weighted by molar-refractivity contribution is 5.80. The molecule has 122 valence electrons.